The first kappa shape index (κ1) is 22.7. The molecular weight excluding hydrogens is 450 g/mol. The van der Waals surface area contributed by atoms with E-state index in [9.17, 15) is 13.2 Å². The lowest BCUT2D eigenvalue weighted by atomic mass is 10.1. The zero-order chi connectivity index (χ0) is 23.7. The summed E-state index contributed by atoms with van der Waals surface area (Å²) < 4.78 is 33.9. The Morgan fingerprint density at radius 2 is 1.59 bits per heavy atom. The number of carbonyl (C=O) groups excluding carboxylic acids is 1. The van der Waals surface area contributed by atoms with Crippen molar-refractivity contribution >= 4 is 32.4 Å². The van der Waals surface area contributed by atoms with Crippen molar-refractivity contribution in [2.24, 2.45) is 0 Å². The molecule has 0 aliphatic carbocycles. The van der Waals surface area contributed by atoms with Gasteiger partial charge in [0.05, 0.1) is 17.7 Å². The summed E-state index contributed by atoms with van der Waals surface area (Å²) in [6.45, 7) is 2.83. The second-order valence-electron chi connectivity index (χ2n) is 8.77. The molecule has 3 aromatic carbocycles. The van der Waals surface area contributed by atoms with Crippen LogP contribution < -0.4 is 9.64 Å². The van der Waals surface area contributed by atoms with Crippen molar-refractivity contribution in [1.29, 1.82) is 0 Å². The lowest BCUT2D eigenvalue weighted by Crippen LogP contribution is -2.54. The van der Waals surface area contributed by atoms with Crippen LogP contribution in [-0.4, -0.2) is 69.4 Å². The first-order valence-corrected chi connectivity index (χ1v) is 13.1. The minimum absolute atomic E-state index is 0.0958. The van der Waals surface area contributed by atoms with E-state index < -0.39 is 16.1 Å². The van der Waals surface area contributed by atoms with E-state index in [1.807, 2.05) is 59.5 Å². The van der Waals surface area contributed by atoms with Gasteiger partial charge in [-0.15, -0.1) is 0 Å². The third kappa shape index (κ3) is 4.12. The fourth-order valence-corrected chi connectivity index (χ4v) is 6.69. The monoisotopic (exact) mass is 479 g/mol. The van der Waals surface area contributed by atoms with Crippen LogP contribution in [0.15, 0.2) is 71.6 Å². The van der Waals surface area contributed by atoms with E-state index in [2.05, 4.69) is 4.90 Å². The van der Waals surface area contributed by atoms with Gasteiger partial charge >= 0.3 is 0 Å². The van der Waals surface area contributed by atoms with Gasteiger partial charge in [-0.2, -0.15) is 4.31 Å². The highest BCUT2D eigenvalue weighted by Crippen LogP contribution is 2.31. The van der Waals surface area contributed by atoms with Crippen LogP contribution in [0, 0.1) is 0 Å². The summed E-state index contributed by atoms with van der Waals surface area (Å²) in [6.07, 6.45) is 1.24. The Hall–Kier alpha value is -3.10. The van der Waals surface area contributed by atoms with Gasteiger partial charge in [0, 0.05) is 32.7 Å². The summed E-state index contributed by atoms with van der Waals surface area (Å²) in [6, 6.07) is 20.1. The Morgan fingerprint density at radius 1 is 0.882 bits per heavy atom. The number of methoxy groups -OCH3 is 1. The van der Waals surface area contributed by atoms with Crippen LogP contribution in [0.5, 0.6) is 5.75 Å². The number of hydrogen-bond acceptors (Lipinski definition) is 5. The number of sulfonamides is 1. The lowest BCUT2D eigenvalue weighted by molar-refractivity contribution is -0.134. The molecule has 2 fully saturated rings. The Morgan fingerprint density at radius 3 is 2.35 bits per heavy atom. The number of amides is 1. The Bertz CT molecular complexity index is 1300. The van der Waals surface area contributed by atoms with Gasteiger partial charge in [-0.25, -0.2) is 8.42 Å². The van der Waals surface area contributed by atoms with Gasteiger partial charge in [0.25, 0.3) is 0 Å². The van der Waals surface area contributed by atoms with Crippen LogP contribution in [-0.2, 0) is 14.8 Å². The summed E-state index contributed by atoms with van der Waals surface area (Å²) in [5, 5.41) is 1.86. The molecule has 1 amide bonds. The maximum atomic E-state index is 13.5. The number of rotatable bonds is 5. The average Bonchev–Trinajstić information content (AvgIpc) is 3.39. The first-order chi connectivity index (χ1) is 16.5. The van der Waals surface area contributed by atoms with Crippen molar-refractivity contribution in [2.75, 3.05) is 44.7 Å². The highest BCUT2D eigenvalue weighted by atomic mass is 32.2. The Kier molecular flexibility index (Phi) is 6.18. The summed E-state index contributed by atoms with van der Waals surface area (Å²) >= 11 is 0. The predicted octanol–water partition coefficient (Wildman–Crippen LogP) is 3.35. The zero-order valence-corrected chi connectivity index (χ0v) is 20.1. The number of carbonyl (C=O) groups is 1. The molecule has 2 saturated heterocycles. The molecule has 0 saturated carbocycles. The third-order valence-corrected chi connectivity index (χ3v) is 8.74. The Balaban J connectivity index is 1.31. The molecule has 1 atom stereocenters. The molecule has 0 aromatic heterocycles. The number of para-hydroxylation sites is 2. The quantitative estimate of drug-likeness (QED) is 0.561. The topological polar surface area (TPSA) is 70.2 Å². The summed E-state index contributed by atoms with van der Waals surface area (Å²) in [5.41, 5.74) is 1.01. The molecule has 2 heterocycles. The molecule has 5 rings (SSSR count). The van der Waals surface area contributed by atoms with Crippen molar-refractivity contribution in [3.05, 3.63) is 66.7 Å². The van der Waals surface area contributed by atoms with Gasteiger partial charge < -0.3 is 14.5 Å². The van der Waals surface area contributed by atoms with Crippen molar-refractivity contribution in [3.63, 3.8) is 0 Å². The third-order valence-electron chi connectivity index (χ3n) is 6.83. The molecule has 0 spiro atoms. The maximum Gasteiger partial charge on any atom is 0.243 e. The van der Waals surface area contributed by atoms with Gasteiger partial charge in [-0.1, -0.05) is 42.5 Å². The van der Waals surface area contributed by atoms with Crippen LogP contribution in [0.3, 0.4) is 0 Å². The highest BCUT2D eigenvalue weighted by Gasteiger charge is 2.41. The summed E-state index contributed by atoms with van der Waals surface area (Å²) in [4.78, 5) is 17.7. The largest absolute Gasteiger partial charge is 0.495 e. The van der Waals surface area contributed by atoms with Crippen LogP contribution >= 0.6 is 0 Å². The summed E-state index contributed by atoms with van der Waals surface area (Å²) in [7, 11) is -2.11. The molecule has 0 unspecified atom stereocenters. The van der Waals surface area contributed by atoms with E-state index >= 15 is 0 Å². The van der Waals surface area contributed by atoms with E-state index in [-0.39, 0.29) is 10.8 Å². The molecule has 0 N–H and O–H groups in total. The fraction of sp³-hybridized carbons (Fsp3) is 0.346. The maximum absolute atomic E-state index is 13.5. The fourth-order valence-electron chi connectivity index (χ4n) is 5.01. The van der Waals surface area contributed by atoms with Crippen LogP contribution in [0.4, 0.5) is 5.69 Å². The average molecular weight is 480 g/mol. The van der Waals surface area contributed by atoms with Gasteiger partial charge in [0.2, 0.25) is 15.9 Å². The molecule has 34 heavy (non-hydrogen) atoms. The standard InChI is InChI=1S/C26H29N3O4S/c1-33-25-11-5-4-9-23(25)27-15-17-28(18-16-27)26(30)24-10-6-14-29(24)34(31,32)22-13-12-20-7-2-3-8-21(20)19-22/h2-5,7-9,11-13,19,24H,6,10,14-18H2,1H3/t24-/m1/s1. The van der Waals surface area contributed by atoms with Crippen LogP contribution in [0.2, 0.25) is 0 Å². The molecule has 3 aromatic rings. The van der Waals surface area contributed by atoms with Crippen LogP contribution in [0.25, 0.3) is 10.8 Å². The first-order valence-electron chi connectivity index (χ1n) is 11.7. The highest BCUT2D eigenvalue weighted by molar-refractivity contribution is 7.89. The SMILES string of the molecule is COc1ccccc1N1CCN(C(=O)[C@H]2CCCN2S(=O)(=O)c2ccc3ccccc3c2)CC1. The second-order valence-corrected chi connectivity index (χ2v) is 10.7. The van der Waals surface area contributed by atoms with E-state index in [0.29, 0.717) is 45.6 Å². The van der Waals surface area contributed by atoms with Gasteiger partial charge in [0.1, 0.15) is 11.8 Å². The number of benzene rings is 3. The predicted molar refractivity (Wildman–Crippen MR) is 133 cm³/mol. The van der Waals surface area contributed by atoms with Crippen molar-refractivity contribution in [1.82, 2.24) is 9.21 Å². The molecule has 2 aliphatic heterocycles. The van der Waals surface area contributed by atoms with Crippen LogP contribution in [0.1, 0.15) is 12.8 Å². The van der Waals surface area contributed by atoms with Gasteiger partial charge in [-0.3, -0.25) is 4.79 Å². The second kappa shape index (κ2) is 9.27. The number of ether oxygens (including phenoxy) is 1. The zero-order valence-electron chi connectivity index (χ0n) is 19.3. The van der Waals surface area contributed by atoms with E-state index in [1.54, 1.807) is 19.2 Å². The molecule has 8 heteroatoms. The van der Waals surface area contributed by atoms with Crippen molar-refractivity contribution in [3.8, 4) is 5.75 Å². The van der Waals surface area contributed by atoms with Crippen molar-refractivity contribution in [2.45, 2.75) is 23.8 Å². The number of anilines is 1. The molecule has 0 radical (unpaired) electrons. The normalized spacial score (nSPS) is 19.5. The van der Waals surface area contributed by atoms with Gasteiger partial charge in [-0.05, 0) is 47.9 Å². The molecule has 178 valence electrons. The number of hydrogen-bond donors (Lipinski definition) is 0. The molecule has 2 aliphatic rings. The minimum Gasteiger partial charge on any atom is -0.495 e. The molecular formula is C26H29N3O4S. The van der Waals surface area contributed by atoms with Crippen molar-refractivity contribution < 1.29 is 17.9 Å². The number of fused-ring (bicyclic) bond motifs is 1. The van der Waals surface area contributed by atoms with E-state index in [1.165, 1.54) is 4.31 Å². The number of nitrogens with zero attached hydrogens (tertiary/aromatic N) is 3. The molecule has 0 bridgehead atoms. The van der Waals surface area contributed by atoms with E-state index in [0.717, 1.165) is 22.2 Å². The number of piperazine rings is 1. The molecule has 7 nitrogen and oxygen atoms in total. The smallest absolute Gasteiger partial charge is 0.243 e. The Labute approximate surface area is 200 Å². The minimum atomic E-state index is -3.77. The lowest BCUT2D eigenvalue weighted by Gasteiger charge is -2.38. The van der Waals surface area contributed by atoms with E-state index in [4.69, 9.17) is 4.74 Å². The van der Waals surface area contributed by atoms with Gasteiger partial charge in [0.15, 0.2) is 0 Å². The summed E-state index contributed by atoms with van der Waals surface area (Å²) in [5.74, 6) is 0.715.